The first kappa shape index (κ1) is 20.8. The van der Waals surface area contributed by atoms with Crippen LogP contribution in [0.15, 0.2) is 0 Å². The molecule has 0 aromatic heterocycles. The summed E-state index contributed by atoms with van der Waals surface area (Å²) < 4.78 is 4.62. The molecule has 126 valence electrons. The topological polar surface area (TPSA) is 26.3 Å². The van der Waals surface area contributed by atoms with Gasteiger partial charge in [-0.05, 0) is 19.3 Å². The number of rotatable bonds is 15. The van der Waals surface area contributed by atoms with Crippen LogP contribution in [0.25, 0.3) is 0 Å². The Morgan fingerprint density at radius 2 is 1.33 bits per heavy atom. The molecule has 0 fully saturated rings. The summed E-state index contributed by atoms with van der Waals surface area (Å²) in [6, 6.07) is 0. The van der Waals surface area contributed by atoms with Crippen molar-refractivity contribution in [3.8, 4) is 0 Å². The predicted octanol–water partition coefficient (Wildman–Crippen LogP) is 6.25. The van der Waals surface area contributed by atoms with Gasteiger partial charge in [-0.25, -0.2) is 0 Å². The van der Waals surface area contributed by atoms with Crippen molar-refractivity contribution in [2.75, 3.05) is 7.11 Å². The van der Waals surface area contributed by atoms with Gasteiger partial charge in [0.15, 0.2) is 0 Å². The largest absolute Gasteiger partial charge is 0.469 e. The van der Waals surface area contributed by atoms with Crippen LogP contribution in [0, 0.1) is 0 Å². The molecule has 0 saturated carbocycles. The van der Waals surface area contributed by atoms with Gasteiger partial charge >= 0.3 is 5.97 Å². The van der Waals surface area contributed by atoms with Crippen molar-refractivity contribution < 1.29 is 9.53 Å². The molecule has 1 unspecified atom stereocenters. The monoisotopic (exact) mass is 318 g/mol. The van der Waals surface area contributed by atoms with Crippen LogP contribution in [-0.2, 0) is 9.53 Å². The van der Waals surface area contributed by atoms with E-state index in [1.54, 1.807) is 0 Å². The van der Waals surface area contributed by atoms with Crippen LogP contribution < -0.4 is 0 Å². The molecule has 3 heteroatoms. The molecule has 0 aliphatic carbocycles. The molecule has 0 radical (unpaired) electrons. The van der Waals surface area contributed by atoms with Crippen LogP contribution in [0.2, 0.25) is 0 Å². The van der Waals surface area contributed by atoms with Crippen LogP contribution in [0.3, 0.4) is 0 Å². The molecule has 1 atom stereocenters. The van der Waals surface area contributed by atoms with Crippen molar-refractivity contribution in [2.24, 2.45) is 0 Å². The number of hydrogen-bond donors (Lipinski definition) is 0. The van der Waals surface area contributed by atoms with E-state index in [1.807, 2.05) is 0 Å². The standard InChI is InChI=1S/C18H35ClO2/c1-3-14-17(19)15-12-10-8-6-4-5-7-9-11-13-16-18(20)21-2/h17H,3-16H2,1-2H3. The van der Waals surface area contributed by atoms with Gasteiger partial charge in [-0.1, -0.05) is 71.1 Å². The van der Waals surface area contributed by atoms with Gasteiger partial charge in [0.1, 0.15) is 0 Å². The fraction of sp³-hybridized carbons (Fsp3) is 0.944. The van der Waals surface area contributed by atoms with Gasteiger partial charge in [-0.2, -0.15) is 0 Å². The number of methoxy groups -OCH3 is 1. The van der Waals surface area contributed by atoms with E-state index in [-0.39, 0.29) is 5.97 Å². The van der Waals surface area contributed by atoms with E-state index in [1.165, 1.54) is 71.3 Å². The number of unbranched alkanes of at least 4 members (excludes halogenated alkanes) is 9. The second-order valence-electron chi connectivity index (χ2n) is 6.04. The molecular formula is C18H35ClO2. The van der Waals surface area contributed by atoms with Crippen molar-refractivity contribution in [1.29, 1.82) is 0 Å². The minimum Gasteiger partial charge on any atom is -0.469 e. The lowest BCUT2D eigenvalue weighted by atomic mass is 10.0. The summed E-state index contributed by atoms with van der Waals surface area (Å²) in [5.74, 6) is -0.0758. The van der Waals surface area contributed by atoms with Crippen molar-refractivity contribution in [3.63, 3.8) is 0 Å². The summed E-state index contributed by atoms with van der Waals surface area (Å²) in [5, 5.41) is 0.403. The summed E-state index contributed by atoms with van der Waals surface area (Å²) in [7, 11) is 1.46. The van der Waals surface area contributed by atoms with E-state index >= 15 is 0 Å². The molecule has 0 saturated heterocycles. The van der Waals surface area contributed by atoms with E-state index in [4.69, 9.17) is 11.6 Å². The van der Waals surface area contributed by atoms with E-state index in [0.717, 1.165) is 19.3 Å². The van der Waals surface area contributed by atoms with Gasteiger partial charge in [-0.15, -0.1) is 11.6 Å². The van der Waals surface area contributed by atoms with Gasteiger partial charge in [-0.3, -0.25) is 4.79 Å². The summed E-state index contributed by atoms with van der Waals surface area (Å²) in [4.78, 5) is 10.9. The molecule has 0 aromatic rings. The number of carbonyl (C=O) groups excluding carboxylic acids is 1. The lowest BCUT2D eigenvalue weighted by molar-refractivity contribution is -0.140. The quantitative estimate of drug-likeness (QED) is 0.203. The van der Waals surface area contributed by atoms with Crippen molar-refractivity contribution >= 4 is 17.6 Å². The molecule has 0 amide bonds. The fourth-order valence-corrected chi connectivity index (χ4v) is 2.98. The average Bonchev–Trinajstić information content (AvgIpc) is 2.48. The number of ether oxygens (including phenoxy) is 1. The lowest BCUT2D eigenvalue weighted by Crippen LogP contribution is -1.99. The highest BCUT2D eigenvalue weighted by Gasteiger charge is 2.02. The third-order valence-electron chi connectivity index (χ3n) is 3.98. The van der Waals surface area contributed by atoms with Crippen molar-refractivity contribution in [1.82, 2.24) is 0 Å². The maximum atomic E-state index is 10.9. The lowest BCUT2D eigenvalue weighted by Gasteiger charge is -2.07. The molecule has 21 heavy (non-hydrogen) atoms. The molecule has 0 N–H and O–H groups in total. The molecule has 0 aliphatic rings. The van der Waals surface area contributed by atoms with E-state index in [2.05, 4.69) is 11.7 Å². The summed E-state index contributed by atoms with van der Waals surface area (Å²) in [5.41, 5.74) is 0. The maximum Gasteiger partial charge on any atom is 0.305 e. The first-order valence-corrected chi connectivity index (χ1v) is 9.35. The second-order valence-corrected chi connectivity index (χ2v) is 6.65. The number of hydrogen-bond acceptors (Lipinski definition) is 2. The van der Waals surface area contributed by atoms with Gasteiger partial charge in [0.2, 0.25) is 0 Å². The molecule has 0 rings (SSSR count). The maximum absolute atomic E-state index is 10.9. The second kappa shape index (κ2) is 16.1. The van der Waals surface area contributed by atoms with E-state index in [9.17, 15) is 4.79 Å². The minimum atomic E-state index is -0.0758. The average molecular weight is 319 g/mol. The molecule has 0 heterocycles. The van der Waals surface area contributed by atoms with Crippen LogP contribution in [0.5, 0.6) is 0 Å². The number of esters is 1. The highest BCUT2D eigenvalue weighted by Crippen LogP contribution is 2.16. The number of alkyl halides is 1. The predicted molar refractivity (Wildman–Crippen MR) is 92.0 cm³/mol. The Kier molecular flexibility index (Phi) is 16.0. The SMILES string of the molecule is CCCC(Cl)CCCCCCCCCCCCC(=O)OC. The van der Waals surface area contributed by atoms with Gasteiger partial charge in [0, 0.05) is 11.8 Å². The molecule has 0 aliphatic heterocycles. The first-order chi connectivity index (χ1) is 10.2. The molecule has 0 spiro atoms. The van der Waals surface area contributed by atoms with E-state index in [0.29, 0.717) is 11.8 Å². The van der Waals surface area contributed by atoms with Crippen LogP contribution >= 0.6 is 11.6 Å². The Morgan fingerprint density at radius 3 is 1.81 bits per heavy atom. The normalized spacial score (nSPS) is 12.3. The number of carbonyl (C=O) groups is 1. The zero-order chi connectivity index (χ0) is 15.8. The van der Waals surface area contributed by atoms with Gasteiger partial charge < -0.3 is 4.74 Å². The van der Waals surface area contributed by atoms with Crippen LogP contribution in [0.4, 0.5) is 0 Å². The fourth-order valence-electron chi connectivity index (χ4n) is 2.61. The van der Waals surface area contributed by atoms with Gasteiger partial charge in [0.05, 0.1) is 7.11 Å². The van der Waals surface area contributed by atoms with E-state index < -0.39 is 0 Å². The zero-order valence-electron chi connectivity index (χ0n) is 14.2. The van der Waals surface area contributed by atoms with Crippen molar-refractivity contribution in [2.45, 2.75) is 102 Å². The Morgan fingerprint density at radius 1 is 0.857 bits per heavy atom. The van der Waals surface area contributed by atoms with Crippen LogP contribution in [0.1, 0.15) is 96.8 Å². The molecular weight excluding hydrogens is 284 g/mol. The smallest absolute Gasteiger partial charge is 0.305 e. The highest BCUT2D eigenvalue weighted by molar-refractivity contribution is 6.20. The van der Waals surface area contributed by atoms with Gasteiger partial charge in [0.25, 0.3) is 0 Å². The third-order valence-corrected chi connectivity index (χ3v) is 4.41. The number of halogens is 1. The first-order valence-electron chi connectivity index (χ1n) is 8.91. The van der Waals surface area contributed by atoms with Crippen LogP contribution in [-0.4, -0.2) is 18.5 Å². The Hall–Kier alpha value is -0.240. The zero-order valence-corrected chi connectivity index (χ0v) is 14.9. The molecule has 0 bridgehead atoms. The summed E-state index contributed by atoms with van der Waals surface area (Å²) in [6.45, 7) is 2.20. The minimum absolute atomic E-state index is 0.0758. The Labute approximate surface area is 137 Å². The van der Waals surface area contributed by atoms with Crippen molar-refractivity contribution in [3.05, 3.63) is 0 Å². The summed E-state index contributed by atoms with van der Waals surface area (Å²) >= 11 is 6.20. The third kappa shape index (κ3) is 16.0. The highest BCUT2D eigenvalue weighted by atomic mass is 35.5. The molecule has 2 nitrogen and oxygen atoms in total. The Balaban J connectivity index is 3.07. The summed E-state index contributed by atoms with van der Waals surface area (Å²) in [6.07, 6.45) is 16.9. The molecule has 0 aromatic carbocycles. The Bertz CT molecular complexity index is 231.